The van der Waals surface area contributed by atoms with Crippen LogP contribution in [-0.4, -0.2) is 28.2 Å². The smallest absolute Gasteiger partial charge is 0.356 e. The molecule has 2 unspecified atom stereocenters. The average molecular weight is 548 g/mol. The summed E-state index contributed by atoms with van der Waals surface area (Å²) in [5.74, 6) is -0.668. The maximum atomic E-state index is 14.6. The molecule has 1 amide bonds. The molecule has 0 spiro atoms. The molecule has 1 aliphatic rings. The fourth-order valence-electron chi connectivity index (χ4n) is 5.71. The van der Waals surface area contributed by atoms with Crippen LogP contribution >= 0.6 is 6.89 Å². The topological polar surface area (TPSA) is 46.6 Å². The number of hydrogen-bond acceptors (Lipinski definition) is 3. The van der Waals surface area contributed by atoms with Gasteiger partial charge in [-0.05, 0) is 34.3 Å². The third-order valence-corrected chi connectivity index (χ3v) is 11.8. The first kappa shape index (κ1) is 27.4. The molecule has 202 valence electrons. The molecule has 5 heteroatoms. The Morgan fingerprint density at radius 2 is 1.25 bits per heavy atom. The fourth-order valence-corrected chi connectivity index (χ4v) is 10.1. The summed E-state index contributed by atoms with van der Waals surface area (Å²) in [5, 5.41) is 2.97. The van der Waals surface area contributed by atoms with Crippen LogP contribution in [0.15, 0.2) is 134 Å². The van der Waals surface area contributed by atoms with E-state index in [2.05, 4.69) is 43.0 Å². The number of carbonyl (C=O) groups is 2. The standard InChI is InChI=1S/C35H34NO3P/c1-3-17-32-31(4-2)33(37)36(32)34(35(38)39-26-27-18-9-5-10-19-27)40(28-20-11-6-12-21-28,29-22-13-7-14-23-29)30-24-15-8-16-25-30/h3,5-16,18-25,31-32H,1,4,17,26H2,2H3. The molecular formula is C35H34NO3P. The number of nitrogens with zero attached hydrogens (tertiary/aromatic N) is 1. The van der Waals surface area contributed by atoms with Gasteiger partial charge in [0, 0.05) is 6.89 Å². The van der Waals surface area contributed by atoms with Crippen molar-refractivity contribution in [1.29, 1.82) is 0 Å². The van der Waals surface area contributed by atoms with Crippen LogP contribution in [0.25, 0.3) is 0 Å². The molecule has 4 aromatic carbocycles. The zero-order valence-electron chi connectivity index (χ0n) is 22.7. The Labute approximate surface area is 236 Å². The molecule has 4 nitrogen and oxygen atoms in total. The van der Waals surface area contributed by atoms with Gasteiger partial charge in [-0.25, -0.2) is 4.79 Å². The lowest BCUT2D eigenvalue weighted by molar-refractivity contribution is -0.151. The van der Waals surface area contributed by atoms with Crippen molar-refractivity contribution in [1.82, 2.24) is 4.90 Å². The van der Waals surface area contributed by atoms with Crippen molar-refractivity contribution in [2.45, 2.75) is 32.4 Å². The highest BCUT2D eigenvalue weighted by molar-refractivity contribution is 7.96. The highest BCUT2D eigenvalue weighted by Gasteiger charge is 2.52. The van der Waals surface area contributed by atoms with E-state index in [1.165, 1.54) is 0 Å². The quantitative estimate of drug-likeness (QED) is 0.111. The molecule has 5 rings (SSSR count). The van der Waals surface area contributed by atoms with Gasteiger partial charge in [-0.1, -0.05) is 134 Å². The van der Waals surface area contributed by atoms with Gasteiger partial charge in [0.05, 0.1) is 12.0 Å². The van der Waals surface area contributed by atoms with Crippen molar-refractivity contribution in [3.8, 4) is 0 Å². The van der Waals surface area contributed by atoms with E-state index in [0.717, 1.165) is 21.5 Å². The lowest BCUT2D eigenvalue weighted by Gasteiger charge is -2.49. The van der Waals surface area contributed by atoms with E-state index < -0.39 is 12.9 Å². The second kappa shape index (κ2) is 12.4. The zero-order valence-corrected chi connectivity index (χ0v) is 23.6. The number of carbonyl (C=O) groups excluding carboxylic acids is 2. The number of amides is 1. The SMILES string of the molecule is C=CCC1C(CC)C(=O)N1C(C(=O)OCc1ccccc1)=P(c1ccccc1)(c1ccccc1)c1ccccc1. The van der Waals surface area contributed by atoms with Crippen molar-refractivity contribution >= 4 is 40.1 Å². The van der Waals surface area contributed by atoms with Crippen LogP contribution in [0, 0.1) is 5.92 Å². The van der Waals surface area contributed by atoms with Gasteiger partial charge in [0.1, 0.15) is 12.0 Å². The third kappa shape index (κ3) is 4.96. The first-order valence-corrected chi connectivity index (χ1v) is 15.5. The van der Waals surface area contributed by atoms with E-state index in [9.17, 15) is 9.59 Å². The van der Waals surface area contributed by atoms with Crippen LogP contribution in [0.1, 0.15) is 25.3 Å². The molecule has 0 aliphatic carbocycles. The van der Waals surface area contributed by atoms with Gasteiger partial charge < -0.3 is 9.64 Å². The average Bonchev–Trinajstić information content (AvgIpc) is 3.02. The number of hydrogen-bond donors (Lipinski definition) is 0. The molecule has 0 N–H and O–H groups in total. The molecule has 0 radical (unpaired) electrons. The highest BCUT2D eigenvalue weighted by atomic mass is 31.2. The molecule has 2 atom stereocenters. The van der Waals surface area contributed by atoms with E-state index in [1.807, 2.05) is 97.9 Å². The number of benzene rings is 4. The molecule has 40 heavy (non-hydrogen) atoms. The minimum absolute atomic E-state index is 0.0341. The van der Waals surface area contributed by atoms with Crippen LogP contribution < -0.4 is 15.9 Å². The fraction of sp³-hybridized carbons (Fsp3) is 0.171. The maximum absolute atomic E-state index is 14.6. The van der Waals surface area contributed by atoms with Gasteiger partial charge >= 0.3 is 5.97 Å². The molecule has 0 aromatic heterocycles. The molecule has 1 aliphatic heterocycles. The van der Waals surface area contributed by atoms with E-state index in [0.29, 0.717) is 18.3 Å². The lowest BCUT2D eigenvalue weighted by Crippen LogP contribution is -2.65. The van der Waals surface area contributed by atoms with E-state index >= 15 is 0 Å². The predicted octanol–water partition coefficient (Wildman–Crippen LogP) is 5.67. The minimum Gasteiger partial charge on any atom is -0.456 e. The van der Waals surface area contributed by atoms with Gasteiger partial charge in [0.25, 0.3) is 0 Å². The summed E-state index contributed by atoms with van der Waals surface area (Å²) in [6.07, 6.45) is 3.14. The van der Waals surface area contributed by atoms with Crippen molar-refractivity contribution in [2.24, 2.45) is 5.92 Å². The number of likely N-dealkylation sites (tertiary alicyclic amines) is 1. The van der Waals surface area contributed by atoms with Gasteiger partial charge in [0.15, 0.2) is 0 Å². The molecule has 0 saturated carbocycles. The largest absolute Gasteiger partial charge is 0.456 e. The summed E-state index contributed by atoms with van der Waals surface area (Å²) in [4.78, 5) is 30.2. The normalized spacial score (nSPS) is 16.6. The van der Waals surface area contributed by atoms with Crippen LogP contribution in [0.2, 0.25) is 0 Å². The first-order chi connectivity index (χ1) is 19.6. The van der Waals surface area contributed by atoms with Crippen LogP contribution in [0.5, 0.6) is 0 Å². The Bertz CT molecular complexity index is 1420. The van der Waals surface area contributed by atoms with Gasteiger partial charge in [0.2, 0.25) is 5.91 Å². The van der Waals surface area contributed by atoms with Crippen LogP contribution in [0.3, 0.4) is 0 Å². The van der Waals surface area contributed by atoms with E-state index in [-0.39, 0.29) is 24.5 Å². The van der Waals surface area contributed by atoms with Gasteiger partial charge in [-0.15, -0.1) is 6.58 Å². The molecule has 1 heterocycles. The molecule has 1 fully saturated rings. The van der Waals surface area contributed by atoms with Crippen LogP contribution in [0.4, 0.5) is 0 Å². The monoisotopic (exact) mass is 547 g/mol. The Morgan fingerprint density at radius 3 is 1.68 bits per heavy atom. The molecular weight excluding hydrogens is 513 g/mol. The molecule has 4 aromatic rings. The van der Waals surface area contributed by atoms with E-state index in [1.54, 1.807) is 4.90 Å². The number of rotatable bonds is 10. The first-order valence-electron chi connectivity index (χ1n) is 13.7. The van der Waals surface area contributed by atoms with Crippen LogP contribution in [-0.2, 0) is 20.9 Å². The van der Waals surface area contributed by atoms with Crippen molar-refractivity contribution in [3.05, 3.63) is 140 Å². The Morgan fingerprint density at radius 1 is 0.800 bits per heavy atom. The second-order valence-corrected chi connectivity index (χ2v) is 13.2. The van der Waals surface area contributed by atoms with Gasteiger partial charge in [-0.2, -0.15) is 0 Å². The Kier molecular flexibility index (Phi) is 8.48. The summed E-state index contributed by atoms with van der Waals surface area (Å²) < 4.78 is 6.09. The van der Waals surface area contributed by atoms with E-state index in [4.69, 9.17) is 4.74 Å². The Hall–Kier alpha value is -4.14. The third-order valence-electron chi connectivity index (χ3n) is 7.57. The number of β-lactam (4-membered cyclic amide) rings is 1. The summed E-state index contributed by atoms with van der Waals surface area (Å²) in [6, 6.07) is 39.8. The summed E-state index contributed by atoms with van der Waals surface area (Å²) >= 11 is 0. The second-order valence-electron chi connectivity index (χ2n) is 9.88. The number of ether oxygens (including phenoxy) is 1. The Balaban J connectivity index is 1.87. The van der Waals surface area contributed by atoms with Crippen molar-refractivity contribution < 1.29 is 14.3 Å². The predicted molar refractivity (Wildman–Crippen MR) is 166 cm³/mol. The number of esters is 1. The van der Waals surface area contributed by atoms with Gasteiger partial charge in [-0.3, -0.25) is 4.79 Å². The minimum atomic E-state index is -2.88. The summed E-state index contributed by atoms with van der Waals surface area (Å²) in [6.45, 7) is 3.23. The van der Waals surface area contributed by atoms with Crippen molar-refractivity contribution in [3.63, 3.8) is 0 Å². The summed E-state index contributed by atoms with van der Waals surface area (Å²) in [5.41, 5.74) is 1.32. The maximum Gasteiger partial charge on any atom is 0.356 e. The molecule has 0 bridgehead atoms. The molecule has 1 saturated heterocycles. The zero-order chi connectivity index (χ0) is 28.0. The summed E-state index contributed by atoms with van der Waals surface area (Å²) in [7, 11) is 0. The lowest BCUT2D eigenvalue weighted by atomic mass is 9.83. The highest BCUT2D eigenvalue weighted by Crippen LogP contribution is 2.50. The van der Waals surface area contributed by atoms with Crippen molar-refractivity contribution in [2.75, 3.05) is 0 Å².